The average molecular weight is 550 g/mol. The van der Waals surface area contributed by atoms with Crippen molar-refractivity contribution < 1.29 is 9.90 Å². The zero-order chi connectivity index (χ0) is 19.1. The minimum Gasteiger partial charge on any atom is -0.506 e. The van der Waals surface area contributed by atoms with Crippen LogP contribution in [-0.2, 0) is 0 Å². The predicted octanol–water partition coefficient (Wildman–Crippen LogP) is 6.83. The lowest BCUT2D eigenvalue weighted by Crippen LogP contribution is -2.07. The Labute approximate surface area is 181 Å². The number of phenols is 1. The first kappa shape index (κ1) is 18.5. The summed E-state index contributed by atoms with van der Waals surface area (Å²) in [5.41, 5.74) is 3.77. The second-order valence-electron chi connectivity index (χ2n) is 6.00. The molecule has 27 heavy (non-hydrogen) atoms. The first-order valence-electron chi connectivity index (χ1n) is 8.05. The maximum Gasteiger partial charge on any atom is 0.210 e. The summed E-state index contributed by atoms with van der Waals surface area (Å²) in [4.78, 5) is 13.5. The summed E-state index contributed by atoms with van der Waals surface area (Å²) in [6.07, 6.45) is 1.88. The number of carbonyl (C=O) groups excluding carboxylic acids is 1. The van der Waals surface area contributed by atoms with Gasteiger partial charge in [0.1, 0.15) is 11.4 Å². The van der Waals surface area contributed by atoms with Crippen molar-refractivity contribution in [1.29, 1.82) is 0 Å². The first-order chi connectivity index (χ1) is 13.0. The molecule has 0 bridgehead atoms. The van der Waals surface area contributed by atoms with E-state index >= 15 is 0 Å². The van der Waals surface area contributed by atoms with Gasteiger partial charge in [-0.2, -0.15) is 0 Å². The number of halogens is 3. The molecule has 0 atom stereocenters. The Bertz CT molecular complexity index is 1170. The van der Waals surface area contributed by atoms with E-state index in [1.807, 2.05) is 59.1 Å². The fourth-order valence-electron chi connectivity index (χ4n) is 3.07. The third-order valence-electron chi connectivity index (χ3n) is 4.34. The molecule has 2 heterocycles. The van der Waals surface area contributed by atoms with Gasteiger partial charge in [-0.1, -0.05) is 40.2 Å². The van der Waals surface area contributed by atoms with Crippen molar-refractivity contribution in [2.75, 3.05) is 0 Å². The highest BCUT2D eigenvalue weighted by Gasteiger charge is 2.22. The molecule has 4 aromatic rings. The predicted molar refractivity (Wildman–Crippen MR) is 117 cm³/mol. The smallest absolute Gasteiger partial charge is 0.210 e. The van der Waals surface area contributed by atoms with Gasteiger partial charge in [-0.25, -0.2) is 0 Å². The van der Waals surface area contributed by atoms with E-state index in [9.17, 15) is 9.90 Å². The number of hydrogen-bond acceptors (Lipinski definition) is 2. The molecule has 1 N–H and O–H groups in total. The standard InChI is InChI=1S/C21H12Br3NO2/c22-16-7-2-1-6-14(16)15-11-13-5-3-4-8-25(13)19(15)20(26)12-9-17(23)21(27)18(24)10-12/h1-11,27H. The van der Waals surface area contributed by atoms with Crippen molar-refractivity contribution in [3.8, 4) is 16.9 Å². The number of fused-ring (bicyclic) bond motifs is 1. The molecule has 4 rings (SSSR count). The Kier molecular flexibility index (Phi) is 4.97. The maximum absolute atomic E-state index is 13.5. The molecule has 0 aliphatic rings. The van der Waals surface area contributed by atoms with Crippen LogP contribution in [0.3, 0.4) is 0 Å². The average Bonchev–Trinajstić information content (AvgIpc) is 3.04. The number of aromatic hydroxyl groups is 1. The number of phenolic OH excluding ortho intramolecular Hbond substituents is 1. The van der Waals surface area contributed by atoms with Crippen LogP contribution in [0.2, 0.25) is 0 Å². The third kappa shape index (κ3) is 3.26. The molecule has 0 radical (unpaired) electrons. The minimum atomic E-state index is -0.131. The number of aromatic nitrogens is 1. The Morgan fingerprint density at radius 3 is 2.19 bits per heavy atom. The largest absolute Gasteiger partial charge is 0.506 e. The van der Waals surface area contributed by atoms with E-state index in [0.717, 1.165) is 21.1 Å². The van der Waals surface area contributed by atoms with Gasteiger partial charge >= 0.3 is 0 Å². The summed E-state index contributed by atoms with van der Waals surface area (Å²) in [5, 5.41) is 9.97. The number of nitrogens with zero attached hydrogens (tertiary/aromatic N) is 1. The van der Waals surface area contributed by atoms with Gasteiger partial charge in [0, 0.05) is 27.3 Å². The highest BCUT2D eigenvalue weighted by Crippen LogP contribution is 2.37. The Hall–Kier alpha value is -1.89. The summed E-state index contributed by atoms with van der Waals surface area (Å²) >= 11 is 10.2. The van der Waals surface area contributed by atoms with Gasteiger partial charge in [-0.15, -0.1) is 0 Å². The van der Waals surface area contributed by atoms with Gasteiger partial charge in [0.25, 0.3) is 0 Å². The maximum atomic E-state index is 13.5. The number of pyridine rings is 1. The normalized spacial score (nSPS) is 11.1. The molecule has 6 heteroatoms. The summed E-state index contributed by atoms with van der Waals surface area (Å²) in [5.74, 6) is -0.0639. The van der Waals surface area contributed by atoms with Crippen LogP contribution < -0.4 is 0 Å². The number of benzene rings is 2. The van der Waals surface area contributed by atoms with E-state index in [4.69, 9.17) is 0 Å². The fourth-order valence-corrected chi connectivity index (χ4v) is 4.76. The molecule has 0 aliphatic heterocycles. The second kappa shape index (κ2) is 7.26. The van der Waals surface area contributed by atoms with E-state index < -0.39 is 0 Å². The number of hydrogen-bond donors (Lipinski definition) is 1. The van der Waals surface area contributed by atoms with E-state index in [-0.39, 0.29) is 11.5 Å². The molecule has 0 spiro atoms. The van der Waals surface area contributed by atoms with Crippen molar-refractivity contribution in [1.82, 2.24) is 4.40 Å². The van der Waals surface area contributed by atoms with Crippen LogP contribution in [-0.4, -0.2) is 15.3 Å². The lowest BCUT2D eigenvalue weighted by Gasteiger charge is -2.10. The van der Waals surface area contributed by atoms with Gasteiger partial charge in [-0.3, -0.25) is 4.79 Å². The number of rotatable bonds is 3. The number of ketones is 1. The monoisotopic (exact) mass is 547 g/mol. The van der Waals surface area contributed by atoms with Crippen molar-refractivity contribution in [2.45, 2.75) is 0 Å². The van der Waals surface area contributed by atoms with Gasteiger partial charge in [0.05, 0.1) is 8.95 Å². The quantitative estimate of drug-likeness (QED) is 0.285. The van der Waals surface area contributed by atoms with E-state index in [1.165, 1.54) is 0 Å². The molecule has 0 saturated carbocycles. The van der Waals surface area contributed by atoms with Crippen LogP contribution >= 0.6 is 47.8 Å². The van der Waals surface area contributed by atoms with Crippen LogP contribution in [0.1, 0.15) is 16.1 Å². The molecule has 134 valence electrons. The molecule has 2 aromatic heterocycles. The summed E-state index contributed by atoms with van der Waals surface area (Å²) < 4.78 is 3.74. The van der Waals surface area contributed by atoms with Gasteiger partial charge in [-0.05, 0) is 73.8 Å². The lowest BCUT2D eigenvalue weighted by molar-refractivity contribution is 0.103. The molecule has 0 amide bonds. The SMILES string of the molecule is O=C(c1cc(Br)c(O)c(Br)c1)c1c(-c2ccccc2Br)cc2ccccn12. The molecule has 0 fully saturated rings. The van der Waals surface area contributed by atoms with Crippen LogP contribution in [0.5, 0.6) is 5.75 Å². The summed E-state index contributed by atoms with van der Waals surface area (Å²) in [7, 11) is 0. The van der Waals surface area contributed by atoms with Crippen molar-refractivity contribution in [2.24, 2.45) is 0 Å². The van der Waals surface area contributed by atoms with Gasteiger partial charge < -0.3 is 9.51 Å². The summed E-state index contributed by atoms with van der Waals surface area (Å²) in [6, 6.07) is 18.9. The summed E-state index contributed by atoms with van der Waals surface area (Å²) in [6.45, 7) is 0. The van der Waals surface area contributed by atoms with E-state index in [0.29, 0.717) is 20.2 Å². The molecular weight excluding hydrogens is 538 g/mol. The molecule has 0 saturated heterocycles. The van der Waals surface area contributed by atoms with Crippen molar-refractivity contribution in [3.05, 3.63) is 91.5 Å². The fraction of sp³-hybridized carbons (Fsp3) is 0. The second-order valence-corrected chi connectivity index (χ2v) is 8.56. The third-order valence-corrected chi connectivity index (χ3v) is 6.24. The van der Waals surface area contributed by atoms with E-state index in [1.54, 1.807) is 12.1 Å². The zero-order valence-electron chi connectivity index (χ0n) is 13.8. The Balaban J connectivity index is 2.00. The highest BCUT2D eigenvalue weighted by molar-refractivity contribution is 9.11. The van der Waals surface area contributed by atoms with Crippen molar-refractivity contribution >= 4 is 59.1 Å². The van der Waals surface area contributed by atoms with Crippen LogP contribution in [0.15, 0.2) is 80.3 Å². The Morgan fingerprint density at radius 1 is 0.815 bits per heavy atom. The first-order valence-corrected chi connectivity index (χ1v) is 10.4. The van der Waals surface area contributed by atoms with Crippen LogP contribution in [0.25, 0.3) is 16.6 Å². The van der Waals surface area contributed by atoms with Gasteiger partial charge in [0.2, 0.25) is 5.78 Å². The molecule has 0 unspecified atom stereocenters. The zero-order valence-corrected chi connectivity index (χ0v) is 18.5. The highest BCUT2D eigenvalue weighted by atomic mass is 79.9. The lowest BCUT2D eigenvalue weighted by atomic mass is 10.00. The molecule has 3 nitrogen and oxygen atoms in total. The van der Waals surface area contributed by atoms with Crippen molar-refractivity contribution in [3.63, 3.8) is 0 Å². The van der Waals surface area contributed by atoms with E-state index in [2.05, 4.69) is 47.8 Å². The van der Waals surface area contributed by atoms with Gasteiger partial charge in [0.15, 0.2) is 0 Å². The minimum absolute atomic E-state index is 0.0672. The molecule has 0 aliphatic carbocycles. The topological polar surface area (TPSA) is 41.7 Å². The molecular formula is C21H12Br3NO2. The number of carbonyl (C=O) groups is 1. The van der Waals surface area contributed by atoms with Crippen LogP contribution in [0.4, 0.5) is 0 Å². The van der Waals surface area contributed by atoms with Crippen LogP contribution in [0, 0.1) is 0 Å². The Morgan fingerprint density at radius 2 is 1.48 bits per heavy atom. The molecule has 2 aromatic carbocycles.